The van der Waals surface area contributed by atoms with Crippen molar-refractivity contribution < 1.29 is 0 Å². The normalized spacial score (nSPS) is 17.3. The fraction of sp³-hybridized carbons (Fsp3) is 0.462. The van der Waals surface area contributed by atoms with Gasteiger partial charge in [0.15, 0.2) is 0 Å². The number of aromatic nitrogens is 2. The molecule has 1 fully saturated rings. The standard InChI is InChI=1S/C13H18N4/c1-8(9-3-4-9)17(2)13-6-12-10(5-11(13)14)7-15-16-12/h5-9H,3-4,14H2,1-2H3,(H,15,16). The van der Waals surface area contributed by atoms with E-state index in [0.717, 1.165) is 28.2 Å². The number of nitrogens with two attached hydrogens (primary N) is 1. The molecule has 0 bridgehead atoms. The van der Waals surface area contributed by atoms with E-state index < -0.39 is 0 Å². The summed E-state index contributed by atoms with van der Waals surface area (Å²) in [5, 5.41) is 8.10. The van der Waals surface area contributed by atoms with Gasteiger partial charge in [0.05, 0.1) is 23.1 Å². The lowest BCUT2D eigenvalue weighted by Crippen LogP contribution is -2.31. The van der Waals surface area contributed by atoms with Crippen molar-refractivity contribution in [2.45, 2.75) is 25.8 Å². The molecule has 4 heteroatoms. The van der Waals surface area contributed by atoms with Gasteiger partial charge in [0.1, 0.15) is 0 Å². The van der Waals surface area contributed by atoms with Crippen LogP contribution in [-0.4, -0.2) is 23.3 Å². The van der Waals surface area contributed by atoms with Gasteiger partial charge in [-0.15, -0.1) is 0 Å². The van der Waals surface area contributed by atoms with Crippen molar-refractivity contribution in [3.05, 3.63) is 18.3 Å². The number of nitrogens with one attached hydrogen (secondary N) is 1. The number of hydrogen-bond acceptors (Lipinski definition) is 3. The largest absolute Gasteiger partial charge is 0.397 e. The Labute approximate surface area is 101 Å². The van der Waals surface area contributed by atoms with Crippen LogP contribution < -0.4 is 10.6 Å². The highest BCUT2D eigenvalue weighted by molar-refractivity contribution is 5.88. The van der Waals surface area contributed by atoms with Crippen LogP contribution in [0.4, 0.5) is 11.4 Å². The molecule has 4 nitrogen and oxygen atoms in total. The molecule has 90 valence electrons. The molecule has 1 aliphatic carbocycles. The molecule has 1 unspecified atom stereocenters. The number of H-pyrrole nitrogens is 1. The highest BCUT2D eigenvalue weighted by atomic mass is 15.2. The van der Waals surface area contributed by atoms with E-state index in [1.807, 2.05) is 6.07 Å². The zero-order valence-electron chi connectivity index (χ0n) is 10.3. The lowest BCUT2D eigenvalue weighted by Gasteiger charge is -2.28. The fourth-order valence-electron chi connectivity index (χ4n) is 2.42. The van der Waals surface area contributed by atoms with Crippen molar-refractivity contribution in [3.8, 4) is 0 Å². The minimum absolute atomic E-state index is 0.553. The molecule has 1 aromatic carbocycles. The van der Waals surface area contributed by atoms with Gasteiger partial charge < -0.3 is 10.6 Å². The summed E-state index contributed by atoms with van der Waals surface area (Å²) < 4.78 is 0. The third-order valence-corrected chi connectivity index (χ3v) is 3.88. The van der Waals surface area contributed by atoms with Crippen LogP contribution in [0, 0.1) is 5.92 Å². The first kappa shape index (κ1) is 10.4. The zero-order chi connectivity index (χ0) is 12.0. The monoisotopic (exact) mass is 230 g/mol. The fourth-order valence-corrected chi connectivity index (χ4v) is 2.42. The quantitative estimate of drug-likeness (QED) is 0.796. The van der Waals surface area contributed by atoms with Crippen LogP contribution in [0.3, 0.4) is 0 Å². The molecule has 1 heterocycles. The van der Waals surface area contributed by atoms with Crippen molar-refractivity contribution in [1.29, 1.82) is 0 Å². The summed E-state index contributed by atoms with van der Waals surface area (Å²) in [6.45, 7) is 2.27. The van der Waals surface area contributed by atoms with Gasteiger partial charge in [-0.2, -0.15) is 5.10 Å². The summed E-state index contributed by atoms with van der Waals surface area (Å²) in [5.41, 5.74) is 9.09. The number of fused-ring (bicyclic) bond motifs is 1. The molecular formula is C13H18N4. The van der Waals surface area contributed by atoms with Gasteiger partial charge in [-0.25, -0.2) is 0 Å². The summed E-state index contributed by atoms with van der Waals surface area (Å²) in [6, 6.07) is 4.64. The summed E-state index contributed by atoms with van der Waals surface area (Å²) in [6.07, 6.45) is 4.50. The molecule has 0 radical (unpaired) electrons. The average molecular weight is 230 g/mol. The third-order valence-electron chi connectivity index (χ3n) is 3.88. The molecule has 1 aliphatic rings. The molecule has 2 aromatic rings. The van der Waals surface area contributed by atoms with Gasteiger partial charge in [0, 0.05) is 18.5 Å². The molecule has 0 saturated heterocycles. The summed E-state index contributed by atoms with van der Waals surface area (Å²) >= 11 is 0. The van der Waals surface area contributed by atoms with E-state index in [4.69, 9.17) is 5.73 Å². The molecule has 1 aromatic heterocycles. The van der Waals surface area contributed by atoms with Crippen LogP contribution in [-0.2, 0) is 0 Å². The van der Waals surface area contributed by atoms with E-state index in [9.17, 15) is 0 Å². The molecule has 0 spiro atoms. The van der Waals surface area contributed by atoms with Crippen LogP contribution in [0.15, 0.2) is 18.3 Å². The molecule has 3 rings (SSSR count). The number of hydrogen-bond donors (Lipinski definition) is 2. The van der Waals surface area contributed by atoms with Crippen LogP contribution in [0.5, 0.6) is 0 Å². The summed E-state index contributed by atoms with van der Waals surface area (Å²) in [5.74, 6) is 0.830. The van der Waals surface area contributed by atoms with E-state index in [2.05, 4.69) is 35.1 Å². The molecule has 1 saturated carbocycles. The number of anilines is 2. The Kier molecular flexibility index (Phi) is 2.24. The lowest BCUT2D eigenvalue weighted by molar-refractivity contribution is 0.610. The second-order valence-corrected chi connectivity index (χ2v) is 5.06. The number of benzene rings is 1. The molecule has 1 atom stereocenters. The van der Waals surface area contributed by atoms with Crippen molar-refractivity contribution in [1.82, 2.24) is 10.2 Å². The number of nitrogen functional groups attached to an aromatic ring is 1. The minimum atomic E-state index is 0.553. The predicted molar refractivity (Wildman–Crippen MR) is 71.1 cm³/mol. The topological polar surface area (TPSA) is 57.9 Å². The maximum atomic E-state index is 6.12. The molecular weight excluding hydrogens is 212 g/mol. The van der Waals surface area contributed by atoms with Crippen LogP contribution in [0.2, 0.25) is 0 Å². The molecule has 17 heavy (non-hydrogen) atoms. The molecule has 0 aliphatic heterocycles. The maximum Gasteiger partial charge on any atom is 0.0672 e. The Hall–Kier alpha value is -1.71. The second-order valence-electron chi connectivity index (χ2n) is 5.06. The Bertz CT molecular complexity index is 541. The van der Waals surface area contributed by atoms with E-state index in [0.29, 0.717) is 6.04 Å². The van der Waals surface area contributed by atoms with Gasteiger partial charge in [-0.05, 0) is 37.8 Å². The SMILES string of the molecule is CC(C1CC1)N(C)c1cc2[nH]ncc2cc1N. The van der Waals surface area contributed by atoms with Gasteiger partial charge in [0.2, 0.25) is 0 Å². The highest BCUT2D eigenvalue weighted by Crippen LogP contribution is 2.38. The summed E-state index contributed by atoms with van der Waals surface area (Å²) in [4.78, 5) is 2.28. The second kappa shape index (κ2) is 3.65. The molecule has 0 amide bonds. The van der Waals surface area contributed by atoms with Crippen LogP contribution in [0.1, 0.15) is 19.8 Å². The first-order valence-corrected chi connectivity index (χ1v) is 6.12. The average Bonchev–Trinajstić information content (AvgIpc) is 3.06. The predicted octanol–water partition coefficient (Wildman–Crippen LogP) is 2.38. The first-order valence-electron chi connectivity index (χ1n) is 6.12. The van der Waals surface area contributed by atoms with Crippen molar-refractivity contribution >= 4 is 22.3 Å². The minimum Gasteiger partial charge on any atom is -0.397 e. The van der Waals surface area contributed by atoms with Gasteiger partial charge in [-0.1, -0.05) is 0 Å². The van der Waals surface area contributed by atoms with Gasteiger partial charge >= 0.3 is 0 Å². The van der Waals surface area contributed by atoms with E-state index in [1.54, 1.807) is 6.20 Å². The maximum absolute atomic E-state index is 6.12. The van der Waals surface area contributed by atoms with Crippen LogP contribution >= 0.6 is 0 Å². The smallest absolute Gasteiger partial charge is 0.0672 e. The van der Waals surface area contributed by atoms with Crippen molar-refractivity contribution in [2.24, 2.45) is 5.92 Å². The Morgan fingerprint density at radius 3 is 2.94 bits per heavy atom. The highest BCUT2D eigenvalue weighted by Gasteiger charge is 2.31. The summed E-state index contributed by atoms with van der Waals surface area (Å²) in [7, 11) is 2.12. The lowest BCUT2D eigenvalue weighted by atomic mass is 10.1. The Balaban J connectivity index is 1.99. The van der Waals surface area contributed by atoms with Gasteiger partial charge in [0.25, 0.3) is 0 Å². The Morgan fingerprint density at radius 2 is 2.24 bits per heavy atom. The number of nitrogens with zero attached hydrogens (tertiary/aromatic N) is 2. The van der Waals surface area contributed by atoms with Crippen molar-refractivity contribution in [2.75, 3.05) is 17.7 Å². The van der Waals surface area contributed by atoms with E-state index in [-0.39, 0.29) is 0 Å². The van der Waals surface area contributed by atoms with E-state index >= 15 is 0 Å². The molecule has 3 N–H and O–H groups in total. The Morgan fingerprint density at radius 1 is 1.47 bits per heavy atom. The number of rotatable bonds is 3. The third kappa shape index (κ3) is 1.73. The first-order chi connectivity index (χ1) is 8.16. The van der Waals surface area contributed by atoms with Crippen molar-refractivity contribution in [3.63, 3.8) is 0 Å². The number of aromatic amines is 1. The van der Waals surface area contributed by atoms with E-state index in [1.165, 1.54) is 12.8 Å². The van der Waals surface area contributed by atoms with Gasteiger partial charge in [-0.3, -0.25) is 5.10 Å². The zero-order valence-corrected chi connectivity index (χ0v) is 10.3. The van der Waals surface area contributed by atoms with Crippen LogP contribution in [0.25, 0.3) is 10.9 Å².